The van der Waals surface area contributed by atoms with Gasteiger partial charge in [0.15, 0.2) is 0 Å². The standard InChI is InChI=1S/C18H17NO4/c20-18(14-9-11-15(12-10-14)19(21)22)23-17-8-4-7-16(17)13-5-2-1-3-6-13/h1-3,5-6,9-12,16-17H,4,7-8H2/t16-,17-/m1/s1. The second-order valence-electron chi connectivity index (χ2n) is 5.70. The number of ether oxygens (including phenoxy) is 1. The van der Waals surface area contributed by atoms with Gasteiger partial charge in [-0.25, -0.2) is 4.79 Å². The van der Waals surface area contributed by atoms with Crippen molar-refractivity contribution in [2.45, 2.75) is 31.3 Å². The van der Waals surface area contributed by atoms with Crippen LogP contribution in [0.3, 0.4) is 0 Å². The Bertz CT molecular complexity index is 697. The molecule has 5 nitrogen and oxygen atoms in total. The van der Waals surface area contributed by atoms with Crippen molar-refractivity contribution in [3.8, 4) is 0 Å². The van der Waals surface area contributed by atoms with Gasteiger partial charge in [0.05, 0.1) is 10.5 Å². The number of carbonyl (C=O) groups excluding carboxylic acids is 1. The third kappa shape index (κ3) is 3.39. The molecule has 0 amide bonds. The Kier molecular flexibility index (Phi) is 4.37. The lowest BCUT2D eigenvalue weighted by Gasteiger charge is -2.20. The zero-order valence-electron chi connectivity index (χ0n) is 12.6. The highest BCUT2D eigenvalue weighted by Crippen LogP contribution is 2.37. The van der Waals surface area contributed by atoms with Crippen molar-refractivity contribution in [1.82, 2.24) is 0 Å². The number of nitro groups is 1. The van der Waals surface area contributed by atoms with Crippen LogP contribution in [-0.2, 0) is 4.74 Å². The Labute approximate surface area is 134 Å². The van der Waals surface area contributed by atoms with E-state index in [1.807, 2.05) is 18.2 Å². The van der Waals surface area contributed by atoms with Crippen LogP contribution in [0.4, 0.5) is 5.69 Å². The van der Waals surface area contributed by atoms with E-state index in [0.717, 1.165) is 19.3 Å². The van der Waals surface area contributed by atoms with E-state index in [9.17, 15) is 14.9 Å². The molecule has 0 aliphatic heterocycles. The second kappa shape index (κ2) is 6.60. The smallest absolute Gasteiger partial charge is 0.338 e. The third-order valence-corrected chi connectivity index (χ3v) is 4.25. The van der Waals surface area contributed by atoms with Crippen LogP contribution >= 0.6 is 0 Å². The van der Waals surface area contributed by atoms with Crippen LogP contribution in [0.2, 0.25) is 0 Å². The van der Waals surface area contributed by atoms with Gasteiger partial charge >= 0.3 is 5.97 Å². The molecule has 1 aliphatic rings. The van der Waals surface area contributed by atoms with E-state index in [4.69, 9.17) is 4.74 Å². The molecule has 5 heteroatoms. The number of nitro benzene ring substituents is 1. The first-order valence-corrected chi connectivity index (χ1v) is 7.65. The lowest BCUT2D eigenvalue weighted by Crippen LogP contribution is -2.21. The summed E-state index contributed by atoms with van der Waals surface area (Å²) in [6.07, 6.45) is 2.73. The molecule has 0 N–H and O–H groups in total. The average molecular weight is 311 g/mol. The number of hydrogen-bond donors (Lipinski definition) is 0. The Morgan fingerprint density at radius 1 is 1.04 bits per heavy atom. The summed E-state index contributed by atoms with van der Waals surface area (Å²) in [4.78, 5) is 22.4. The van der Waals surface area contributed by atoms with E-state index in [0.29, 0.717) is 5.56 Å². The molecule has 118 valence electrons. The summed E-state index contributed by atoms with van der Waals surface area (Å²) in [5, 5.41) is 10.7. The maximum absolute atomic E-state index is 12.3. The molecule has 1 aliphatic carbocycles. The summed E-state index contributed by atoms with van der Waals surface area (Å²) in [5.74, 6) is -0.203. The number of rotatable bonds is 4. The van der Waals surface area contributed by atoms with Gasteiger partial charge in [-0.1, -0.05) is 30.3 Å². The van der Waals surface area contributed by atoms with Gasteiger partial charge in [-0.05, 0) is 37.0 Å². The minimum Gasteiger partial charge on any atom is -0.458 e. The van der Waals surface area contributed by atoms with Gasteiger partial charge in [-0.3, -0.25) is 10.1 Å². The minimum absolute atomic E-state index is 0.0374. The molecule has 2 atom stereocenters. The molecule has 0 aromatic heterocycles. The Balaban J connectivity index is 1.70. The number of non-ortho nitro benzene ring substituents is 1. The fraction of sp³-hybridized carbons (Fsp3) is 0.278. The van der Waals surface area contributed by atoms with Crippen molar-refractivity contribution in [3.63, 3.8) is 0 Å². The molecule has 0 radical (unpaired) electrons. The maximum atomic E-state index is 12.3. The first kappa shape index (κ1) is 15.2. The Morgan fingerprint density at radius 2 is 1.74 bits per heavy atom. The number of hydrogen-bond acceptors (Lipinski definition) is 4. The molecule has 0 spiro atoms. The van der Waals surface area contributed by atoms with Gasteiger partial charge in [0.1, 0.15) is 6.10 Å². The zero-order chi connectivity index (χ0) is 16.2. The predicted octanol–water partition coefficient (Wildman–Crippen LogP) is 4.09. The van der Waals surface area contributed by atoms with Crippen molar-refractivity contribution in [3.05, 3.63) is 75.8 Å². The molecule has 2 aromatic carbocycles. The van der Waals surface area contributed by atoms with Gasteiger partial charge < -0.3 is 4.74 Å². The highest BCUT2D eigenvalue weighted by atomic mass is 16.6. The Hall–Kier alpha value is -2.69. The maximum Gasteiger partial charge on any atom is 0.338 e. The third-order valence-electron chi connectivity index (χ3n) is 4.25. The number of nitrogens with zero attached hydrogens (tertiary/aromatic N) is 1. The second-order valence-corrected chi connectivity index (χ2v) is 5.70. The fourth-order valence-corrected chi connectivity index (χ4v) is 3.07. The van der Waals surface area contributed by atoms with Crippen molar-refractivity contribution < 1.29 is 14.5 Å². The van der Waals surface area contributed by atoms with Crippen LogP contribution < -0.4 is 0 Å². The lowest BCUT2D eigenvalue weighted by molar-refractivity contribution is -0.384. The van der Waals surface area contributed by atoms with Gasteiger partial charge in [0.25, 0.3) is 5.69 Å². The number of carbonyl (C=O) groups is 1. The normalized spacial score (nSPS) is 20.2. The van der Waals surface area contributed by atoms with E-state index in [-0.39, 0.29) is 17.7 Å². The fourth-order valence-electron chi connectivity index (χ4n) is 3.07. The van der Waals surface area contributed by atoms with Crippen molar-refractivity contribution in [1.29, 1.82) is 0 Å². The summed E-state index contributed by atoms with van der Waals surface area (Å²) in [7, 11) is 0. The molecule has 0 bridgehead atoms. The van der Waals surface area contributed by atoms with Gasteiger partial charge in [-0.2, -0.15) is 0 Å². The van der Waals surface area contributed by atoms with Crippen LogP contribution in [0.5, 0.6) is 0 Å². The summed E-state index contributed by atoms with van der Waals surface area (Å²) >= 11 is 0. The van der Waals surface area contributed by atoms with Crippen LogP contribution in [0, 0.1) is 10.1 Å². The SMILES string of the molecule is O=C(O[C@@H]1CCC[C@@H]1c1ccccc1)c1ccc([N+](=O)[O-])cc1. The number of esters is 1. The molecule has 0 heterocycles. The van der Waals surface area contributed by atoms with Crippen molar-refractivity contribution in [2.24, 2.45) is 0 Å². The van der Waals surface area contributed by atoms with Crippen LogP contribution in [0.25, 0.3) is 0 Å². The monoisotopic (exact) mass is 311 g/mol. The lowest BCUT2D eigenvalue weighted by atomic mass is 9.96. The highest BCUT2D eigenvalue weighted by molar-refractivity contribution is 5.89. The molecule has 0 saturated heterocycles. The van der Waals surface area contributed by atoms with E-state index in [2.05, 4.69) is 12.1 Å². The quantitative estimate of drug-likeness (QED) is 0.484. The first-order chi connectivity index (χ1) is 11.1. The van der Waals surface area contributed by atoms with Gasteiger partial charge in [0, 0.05) is 18.1 Å². The molecule has 23 heavy (non-hydrogen) atoms. The predicted molar refractivity (Wildman–Crippen MR) is 85.3 cm³/mol. The van der Waals surface area contributed by atoms with Gasteiger partial charge in [-0.15, -0.1) is 0 Å². The molecule has 1 fully saturated rings. The topological polar surface area (TPSA) is 69.4 Å². The van der Waals surface area contributed by atoms with Crippen molar-refractivity contribution in [2.75, 3.05) is 0 Å². The van der Waals surface area contributed by atoms with Crippen molar-refractivity contribution >= 4 is 11.7 Å². The molecule has 3 rings (SSSR count). The minimum atomic E-state index is -0.489. The van der Waals surface area contributed by atoms with E-state index in [1.165, 1.54) is 29.8 Å². The largest absolute Gasteiger partial charge is 0.458 e. The summed E-state index contributed by atoms with van der Waals surface area (Å²) in [6.45, 7) is 0. The average Bonchev–Trinajstić information content (AvgIpc) is 3.04. The highest BCUT2D eigenvalue weighted by Gasteiger charge is 2.31. The molecular weight excluding hydrogens is 294 g/mol. The van der Waals surface area contributed by atoms with E-state index < -0.39 is 10.9 Å². The van der Waals surface area contributed by atoms with E-state index >= 15 is 0 Å². The summed E-state index contributed by atoms with van der Waals surface area (Å²) < 4.78 is 5.66. The number of benzene rings is 2. The van der Waals surface area contributed by atoms with Crippen LogP contribution in [-0.4, -0.2) is 17.0 Å². The first-order valence-electron chi connectivity index (χ1n) is 7.65. The Morgan fingerprint density at radius 3 is 2.39 bits per heavy atom. The summed E-state index contributed by atoms with van der Waals surface area (Å²) in [5.41, 5.74) is 1.49. The summed E-state index contributed by atoms with van der Waals surface area (Å²) in [6, 6.07) is 15.6. The molecule has 0 unspecified atom stereocenters. The van der Waals surface area contributed by atoms with E-state index in [1.54, 1.807) is 0 Å². The van der Waals surface area contributed by atoms with Crippen LogP contribution in [0.15, 0.2) is 54.6 Å². The molecule has 2 aromatic rings. The van der Waals surface area contributed by atoms with Crippen LogP contribution in [0.1, 0.15) is 41.1 Å². The van der Waals surface area contributed by atoms with Gasteiger partial charge in [0.2, 0.25) is 0 Å². The molecule has 1 saturated carbocycles. The molecular formula is C18H17NO4. The zero-order valence-corrected chi connectivity index (χ0v) is 12.6.